The summed E-state index contributed by atoms with van der Waals surface area (Å²) in [5.74, 6) is 2.12. The molecule has 0 radical (unpaired) electrons. The van der Waals surface area contributed by atoms with Crippen LogP contribution in [0.5, 0.6) is 5.75 Å². The Hall–Kier alpha value is -1.09. The van der Waals surface area contributed by atoms with E-state index in [-0.39, 0.29) is 0 Å². The lowest BCUT2D eigenvalue weighted by Gasteiger charge is -2.05. The van der Waals surface area contributed by atoms with Crippen LogP contribution in [0.4, 0.5) is 0 Å². The highest BCUT2D eigenvalue weighted by Crippen LogP contribution is 2.19. The number of aromatic amines is 1. The Balaban J connectivity index is 1.96. The average molecular weight is 221 g/mol. The zero-order valence-corrected chi connectivity index (χ0v) is 9.64. The zero-order chi connectivity index (χ0) is 10.5. The minimum atomic E-state index is 0.802. The van der Waals surface area contributed by atoms with Crippen LogP contribution in [0.3, 0.4) is 0 Å². The van der Waals surface area contributed by atoms with E-state index in [2.05, 4.69) is 29.4 Å². The molecule has 2 aromatic rings. The van der Waals surface area contributed by atoms with E-state index < -0.39 is 0 Å². The first-order valence-electron chi connectivity index (χ1n) is 5.09. The van der Waals surface area contributed by atoms with E-state index in [1.807, 2.05) is 24.0 Å². The van der Waals surface area contributed by atoms with Crippen molar-refractivity contribution in [2.24, 2.45) is 0 Å². The van der Waals surface area contributed by atoms with Gasteiger partial charge in [0.1, 0.15) is 5.75 Å². The van der Waals surface area contributed by atoms with Crippen molar-refractivity contribution in [3.8, 4) is 5.75 Å². The van der Waals surface area contributed by atoms with Crippen molar-refractivity contribution in [1.82, 2.24) is 4.98 Å². The highest BCUT2D eigenvalue weighted by Gasteiger charge is 1.97. The van der Waals surface area contributed by atoms with Gasteiger partial charge in [-0.15, -0.1) is 0 Å². The van der Waals surface area contributed by atoms with E-state index in [1.54, 1.807) is 0 Å². The molecule has 1 aromatic carbocycles. The second kappa shape index (κ2) is 5.12. The van der Waals surface area contributed by atoms with Crippen LogP contribution in [0.25, 0.3) is 10.9 Å². The molecule has 1 aromatic heterocycles. The monoisotopic (exact) mass is 221 g/mol. The van der Waals surface area contributed by atoms with Gasteiger partial charge in [0.25, 0.3) is 0 Å². The third kappa shape index (κ3) is 2.69. The number of aromatic nitrogens is 1. The van der Waals surface area contributed by atoms with Crippen molar-refractivity contribution < 1.29 is 4.74 Å². The number of nitrogens with one attached hydrogen (secondary N) is 1. The van der Waals surface area contributed by atoms with Gasteiger partial charge in [-0.1, -0.05) is 0 Å². The summed E-state index contributed by atoms with van der Waals surface area (Å²) >= 11 is 1.86. The topological polar surface area (TPSA) is 25.0 Å². The van der Waals surface area contributed by atoms with E-state index in [0.29, 0.717) is 0 Å². The minimum Gasteiger partial charge on any atom is -0.494 e. The molecule has 1 heterocycles. The molecule has 0 unspecified atom stereocenters. The van der Waals surface area contributed by atoms with Gasteiger partial charge in [0.2, 0.25) is 0 Å². The first kappa shape index (κ1) is 10.4. The fraction of sp³-hybridized carbons (Fsp3) is 0.333. The number of fused-ring (bicyclic) bond motifs is 1. The molecular weight excluding hydrogens is 206 g/mol. The van der Waals surface area contributed by atoms with E-state index in [1.165, 1.54) is 5.39 Å². The quantitative estimate of drug-likeness (QED) is 0.784. The Morgan fingerprint density at radius 3 is 3.13 bits per heavy atom. The minimum absolute atomic E-state index is 0.802. The Labute approximate surface area is 94.0 Å². The van der Waals surface area contributed by atoms with Crippen molar-refractivity contribution in [2.45, 2.75) is 6.42 Å². The predicted octanol–water partition coefficient (Wildman–Crippen LogP) is 3.30. The third-order valence-electron chi connectivity index (χ3n) is 2.29. The average Bonchev–Trinajstić information content (AvgIpc) is 2.71. The Morgan fingerprint density at radius 1 is 1.33 bits per heavy atom. The highest BCUT2D eigenvalue weighted by molar-refractivity contribution is 7.98. The van der Waals surface area contributed by atoms with Crippen LogP contribution in [0.1, 0.15) is 6.42 Å². The largest absolute Gasteiger partial charge is 0.494 e. The predicted molar refractivity (Wildman–Crippen MR) is 66.8 cm³/mol. The lowest BCUT2D eigenvalue weighted by atomic mass is 10.2. The number of benzene rings is 1. The van der Waals surface area contributed by atoms with Gasteiger partial charge in [0.05, 0.1) is 6.61 Å². The molecule has 0 saturated heterocycles. The lowest BCUT2D eigenvalue weighted by molar-refractivity contribution is 0.319. The number of hydrogen-bond donors (Lipinski definition) is 1. The summed E-state index contributed by atoms with van der Waals surface area (Å²) in [6.45, 7) is 0.802. The first-order chi connectivity index (χ1) is 7.40. The van der Waals surface area contributed by atoms with Gasteiger partial charge in [-0.05, 0) is 42.7 Å². The van der Waals surface area contributed by atoms with Crippen molar-refractivity contribution >= 4 is 22.7 Å². The number of H-pyrrole nitrogens is 1. The van der Waals surface area contributed by atoms with Crippen LogP contribution in [-0.2, 0) is 0 Å². The maximum atomic E-state index is 5.66. The second-order valence-electron chi connectivity index (χ2n) is 3.42. The SMILES string of the molecule is CSCCCOc1ccc2[nH]ccc2c1. The molecule has 80 valence electrons. The molecular formula is C12H15NOS. The summed E-state index contributed by atoms with van der Waals surface area (Å²) < 4.78 is 5.66. The number of thioether (sulfide) groups is 1. The van der Waals surface area contributed by atoms with Crippen molar-refractivity contribution in [2.75, 3.05) is 18.6 Å². The molecule has 0 atom stereocenters. The summed E-state index contributed by atoms with van der Waals surface area (Å²) in [4.78, 5) is 3.16. The fourth-order valence-corrected chi connectivity index (χ4v) is 1.92. The molecule has 2 rings (SSSR count). The van der Waals surface area contributed by atoms with Crippen LogP contribution in [0.15, 0.2) is 30.5 Å². The van der Waals surface area contributed by atoms with Crippen LogP contribution >= 0.6 is 11.8 Å². The first-order valence-corrected chi connectivity index (χ1v) is 6.48. The van der Waals surface area contributed by atoms with Crippen LogP contribution < -0.4 is 4.74 Å². The van der Waals surface area contributed by atoms with Gasteiger partial charge in [0, 0.05) is 17.1 Å². The molecule has 0 spiro atoms. The maximum Gasteiger partial charge on any atom is 0.120 e. The zero-order valence-electron chi connectivity index (χ0n) is 8.82. The van der Waals surface area contributed by atoms with Gasteiger partial charge < -0.3 is 9.72 Å². The fourth-order valence-electron chi connectivity index (χ4n) is 1.51. The number of hydrogen-bond acceptors (Lipinski definition) is 2. The smallest absolute Gasteiger partial charge is 0.120 e. The van der Waals surface area contributed by atoms with Crippen LogP contribution in [-0.4, -0.2) is 23.6 Å². The van der Waals surface area contributed by atoms with Crippen molar-refractivity contribution in [3.63, 3.8) is 0 Å². The van der Waals surface area contributed by atoms with Gasteiger partial charge in [-0.25, -0.2) is 0 Å². The molecule has 0 amide bonds. The molecule has 0 saturated carbocycles. The summed E-state index contributed by atoms with van der Waals surface area (Å²) in [7, 11) is 0. The van der Waals surface area contributed by atoms with E-state index >= 15 is 0 Å². The van der Waals surface area contributed by atoms with E-state index in [4.69, 9.17) is 4.74 Å². The molecule has 3 heteroatoms. The summed E-state index contributed by atoms with van der Waals surface area (Å²) in [6.07, 6.45) is 5.17. The molecule has 0 aliphatic rings. The molecule has 2 nitrogen and oxygen atoms in total. The Bertz CT molecular complexity index is 424. The molecule has 1 N–H and O–H groups in total. The van der Waals surface area contributed by atoms with Gasteiger partial charge in [-0.3, -0.25) is 0 Å². The summed E-state index contributed by atoms with van der Waals surface area (Å²) in [5, 5.41) is 1.21. The molecule has 0 aliphatic heterocycles. The van der Waals surface area contributed by atoms with Crippen molar-refractivity contribution in [1.29, 1.82) is 0 Å². The van der Waals surface area contributed by atoms with Gasteiger partial charge >= 0.3 is 0 Å². The van der Waals surface area contributed by atoms with Crippen LogP contribution in [0, 0.1) is 0 Å². The molecule has 0 aliphatic carbocycles. The summed E-state index contributed by atoms with van der Waals surface area (Å²) in [6, 6.07) is 8.20. The van der Waals surface area contributed by atoms with Gasteiger partial charge in [-0.2, -0.15) is 11.8 Å². The number of ether oxygens (including phenoxy) is 1. The van der Waals surface area contributed by atoms with Gasteiger partial charge in [0.15, 0.2) is 0 Å². The second-order valence-corrected chi connectivity index (χ2v) is 4.41. The molecule has 15 heavy (non-hydrogen) atoms. The summed E-state index contributed by atoms with van der Waals surface area (Å²) in [5.41, 5.74) is 1.16. The van der Waals surface area contributed by atoms with Crippen molar-refractivity contribution in [3.05, 3.63) is 30.5 Å². The molecule has 0 bridgehead atoms. The Kier molecular flexibility index (Phi) is 3.56. The Morgan fingerprint density at radius 2 is 2.27 bits per heavy atom. The standard InChI is InChI=1S/C12H15NOS/c1-15-8-2-7-14-11-3-4-12-10(9-11)5-6-13-12/h3-6,9,13H,2,7-8H2,1H3. The lowest BCUT2D eigenvalue weighted by Crippen LogP contribution is -1.98. The molecule has 0 fully saturated rings. The normalized spacial score (nSPS) is 10.7. The maximum absolute atomic E-state index is 5.66. The van der Waals surface area contributed by atoms with E-state index in [0.717, 1.165) is 30.0 Å². The highest BCUT2D eigenvalue weighted by atomic mass is 32.2. The third-order valence-corrected chi connectivity index (χ3v) is 2.98. The van der Waals surface area contributed by atoms with E-state index in [9.17, 15) is 0 Å². The van der Waals surface area contributed by atoms with Crippen LogP contribution in [0.2, 0.25) is 0 Å². The number of rotatable bonds is 5.